The maximum absolute atomic E-state index is 10.8. The molecule has 120 valence electrons. The number of hydrogen-bond donors (Lipinski definition) is 0. The summed E-state index contributed by atoms with van der Waals surface area (Å²) in [4.78, 5) is 18.9. The van der Waals surface area contributed by atoms with Crippen LogP contribution in [0, 0.1) is 10.1 Å². The Morgan fingerprint density at radius 3 is 2.13 bits per heavy atom. The van der Waals surface area contributed by atoms with Crippen LogP contribution in [-0.4, -0.2) is 16.1 Å². The zero-order chi connectivity index (χ0) is 17.0. The van der Waals surface area contributed by atoms with Crippen molar-refractivity contribution in [3.05, 3.63) is 63.3 Å². The standard InChI is InChI=1S/C18H21N3O2/c1-12(2)15-8-6-9-16(13(3)4)18(15)19-11-14-7-5-10-17(20-14)21(22)23/h5-13H,1-4H3. The minimum Gasteiger partial charge on any atom is -0.358 e. The molecule has 2 aromatic rings. The molecule has 0 aliphatic rings. The third kappa shape index (κ3) is 4.00. The van der Waals surface area contributed by atoms with Crippen LogP contribution in [0.4, 0.5) is 11.5 Å². The average Bonchev–Trinajstić information content (AvgIpc) is 2.52. The molecule has 0 saturated carbocycles. The Morgan fingerprint density at radius 2 is 1.61 bits per heavy atom. The van der Waals surface area contributed by atoms with Gasteiger partial charge in [0, 0.05) is 6.07 Å². The lowest BCUT2D eigenvalue weighted by Gasteiger charge is -2.15. The van der Waals surface area contributed by atoms with Gasteiger partial charge in [-0.2, -0.15) is 0 Å². The van der Waals surface area contributed by atoms with E-state index in [4.69, 9.17) is 0 Å². The molecule has 5 nitrogen and oxygen atoms in total. The van der Waals surface area contributed by atoms with Crippen LogP contribution in [0.1, 0.15) is 56.4 Å². The molecule has 23 heavy (non-hydrogen) atoms. The van der Waals surface area contributed by atoms with E-state index in [-0.39, 0.29) is 5.82 Å². The number of para-hydroxylation sites is 1. The molecule has 0 saturated heterocycles. The van der Waals surface area contributed by atoms with Gasteiger partial charge in [-0.3, -0.25) is 4.99 Å². The van der Waals surface area contributed by atoms with Crippen molar-refractivity contribution >= 4 is 17.7 Å². The van der Waals surface area contributed by atoms with Crippen LogP contribution in [0.25, 0.3) is 0 Å². The molecule has 1 aromatic carbocycles. The minimum atomic E-state index is -0.501. The highest BCUT2D eigenvalue weighted by molar-refractivity contribution is 5.81. The summed E-state index contributed by atoms with van der Waals surface area (Å²) in [6.07, 6.45) is 1.60. The zero-order valence-corrected chi connectivity index (χ0v) is 13.9. The van der Waals surface area contributed by atoms with Gasteiger partial charge in [0.1, 0.15) is 0 Å². The van der Waals surface area contributed by atoms with E-state index in [9.17, 15) is 10.1 Å². The Hall–Kier alpha value is -2.56. The molecule has 1 aromatic heterocycles. The third-order valence-electron chi connectivity index (χ3n) is 3.61. The second-order valence-electron chi connectivity index (χ2n) is 6.03. The maximum Gasteiger partial charge on any atom is 0.364 e. The van der Waals surface area contributed by atoms with Crippen molar-refractivity contribution in [1.29, 1.82) is 0 Å². The van der Waals surface area contributed by atoms with E-state index in [0.29, 0.717) is 17.5 Å². The Morgan fingerprint density at radius 1 is 1.04 bits per heavy atom. The Bertz CT molecular complexity index is 711. The summed E-state index contributed by atoms with van der Waals surface area (Å²) in [5.74, 6) is 0.521. The zero-order valence-electron chi connectivity index (χ0n) is 13.9. The first kappa shape index (κ1) is 16.8. The first-order valence-corrected chi connectivity index (χ1v) is 7.68. The minimum absolute atomic E-state index is 0.171. The molecule has 0 amide bonds. The second-order valence-corrected chi connectivity index (χ2v) is 6.03. The molecular weight excluding hydrogens is 290 g/mol. The lowest BCUT2D eigenvalue weighted by Crippen LogP contribution is -1.97. The van der Waals surface area contributed by atoms with Gasteiger partial charge in [0.05, 0.1) is 11.9 Å². The van der Waals surface area contributed by atoms with Crippen LogP contribution in [0.15, 0.2) is 41.4 Å². The Labute approximate surface area is 136 Å². The van der Waals surface area contributed by atoms with E-state index in [1.807, 2.05) is 0 Å². The van der Waals surface area contributed by atoms with Gasteiger partial charge < -0.3 is 10.1 Å². The first-order valence-electron chi connectivity index (χ1n) is 7.68. The SMILES string of the molecule is CC(C)c1cccc(C(C)C)c1N=Cc1cccc([N+](=O)[O-])n1. The summed E-state index contributed by atoms with van der Waals surface area (Å²) < 4.78 is 0. The summed E-state index contributed by atoms with van der Waals surface area (Å²) in [6.45, 7) is 8.52. The van der Waals surface area contributed by atoms with Crippen molar-refractivity contribution in [2.24, 2.45) is 4.99 Å². The van der Waals surface area contributed by atoms with Crippen molar-refractivity contribution in [1.82, 2.24) is 4.98 Å². The fourth-order valence-corrected chi connectivity index (χ4v) is 2.40. The second kappa shape index (κ2) is 7.13. The summed E-state index contributed by atoms with van der Waals surface area (Å²) in [5, 5.41) is 10.8. The number of hydrogen-bond acceptors (Lipinski definition) is 4. The summed E-state index contributed by atoms with van der Waals surface area (Å²) in [7, 11) is 0. The molecule has 2 rings (SSSR count). The molecule has 0 bridgehead atoms. The highest BCUT2D eigenvalue weighted by atomic mass is 16.6. The Balaban J connectivity index is 2.46. The topological polar surface area (TPSA) is 68.4 Å². The Kier molecular flexibility index (Phi) is 5.21. The van der Waals surface area contributed by atoms with E-state index in [2.05, 4.69) is 55.9 Å². The van der Waals surface area contributed by atoms with Gasteiger partial charge >= 0.3 is 5.82 Å². The number of nitrogens with zero attached hydrogens (tertiary/aromatic N) is 3. The van der Waals surface area contributed by atoms with Crippen molar-refractivity contribution in [3.8, 4) is 0 Å². The number of aromatic nitrogens is 1. The van der Waals surface area contributed by atoms with Gasteiger partial charge in [0.15, 0.2) is 5.69 Å². The first-order chi connectivity index (χ1) is 10.9. The molecule has 5 heteroatoms. The van der Waals surface area contributed by atoms with Crippen molar-refractivity contribution in [2.45, 2.75) is 39.5 Å². The van der Waals surface area contributed by atoms with E-state index < -0.39 is 4.92 Å². The van der Waals surface area contributed by atoms with Gasteiger partial charge in [-0.25, -0.2) is 0 Å². The number of benzene rings is 1. The third-order valence-corrected chi connectivity index (χ3v) is 3.61. The lowest BCUT2D eigenvalue weighted by molar-refractivity contribution is -0.389. The largest absolute Gasteiger partial charge is 0.364 e. The van der Waals surface area contributed by atoms with Crippen molar-refractivity contribution in [3.63, 3.8) is 0 Å². The van der Waals surface area contributed by atoms with Crippen LogP contribution < -0.4 is 0 Å². The lowest BCUT2D eigenvalue weighted by atomic mass is 9.93. The molecular formula is C18H21N3O2. The molecule has 1 heterocycles. The number of rotatable bonds is 5. The van der Waals surface area contributed by atoms with Gasteiger partial charge in [-0.1, -0.05) is 45.9 Å². The molecule has 0 fully saturated rings. The summed E-state index contributed by atoms with van der Waals surface area (Å²) in [6, 6.07) is 10.9. The fourth-order valence-electron chi connectivity index (χ4n) is 2.40. The van der Waals surface area contributed by atoms with Crippen LogP contribution in [-0.2, 0) is 0 Å². The van der Waals surface area contributed by atoms with Gasteiger partial charge in [-0.15, -0.1) is 0 Å². The molecule has 0 unspecified atom stereocenters. The highest BCUT2D eigenvalue weighted by Gasteiger charge is 2.13. The smallest absolute Gasteiger partial charge is 0.358 e. The quantitative estimate of drug-likeness (QED) is 0.444. The van der Waals surface area contributed by atoms with E-state index in [0.717, 1.165) is 16.8 Å². The van der Waals surface area contributed by atoms with Gasteiger partial charge in [-0.05, 0) is 45.0 Å². The number of pyridine rings is 1. The summed E-state index contributed by atoms with van der Waals surface area (Å²) >= 11 is 0. The van der Waals surface area contributed by atoms with Crippen LogP contribution in [0.2, 0.25) is 0 Å². The molecule has 0 spiro atoms. The number of nitro groups is 1. The summed E-state index contributed by atoms with van der Waals surface area (Å²) in [5.41, 5.74) is 3.74. The molecule has 0 N–H and O–H groups in total. The average molecular weight is 311 g/mol. The number of aliphatic imine (C=N–C) groups is 1. The van der Waals surface area contributed by atoms with E-state index >= 15 is 0 Å². The van der Waals surface area contributed by atoms with Crippen molar-refractivity contribution in [2.75, 3.05) is 0 Å². The molecule has 0 aliphatic carbocycles. The predicted octanol–water partition coefficient (Wildman–Crippen LogP) is 4.99. The maximum atomic E-state index is 10.8. The van der Waals surface area contributed by atoms with Gasteiger partial charge in [0.2, 0.25) is 0 Å². The van der Waals surface area contributed by atoms with Gasteiger partial charge in [0.25, 0.3) is 0 Å². The van der Waals surface area contributed by atoms with Crippen molar-refractivity contribution < 1.29 is 4.92 Å². The molecule has 0 radical (unpaired) electrons. The van der Waals surface area contributed by atoms with E-state index in [1.54, 1.807) is 18.3 Å². The van der Waals surface area contributed by atoms with Crippen LogP contribution in [0.5, 0.6) is 0 Å². The highest BCUT2D eigenvalue weighted by Crippen LogP contribution is 2.34. The molecule has 0 aliphatic heterocycles. The van der Waals surface area contributed by atoms with E-state index in [1.165, 1.54) is 6.07 Å². The van der Waals surface area contributed by atoms with Crippen LogP contribution in [0.3, 0.4) is 0 Å². The normalized spacial score (nSPS) is 11.6. The monoisotopic (exact) mass is 311 g/mol. The molecule has 0 atom stereocenters. The van der Waals surface area contributed by atoms with Crippen LogP contribution >= 0.6 is 0 Å². The predicted molar refractivity (Wildman–Crippen MR) is 92.8 cm³/mol. The fraction of sp³-hybridized carbons (Fsp3) is 0.333.